The Morgan fingerprint density at radius 2 is 1.60 bits per heavy atom. The Morgan fingerprint density at radius 1 is 0.867 bits per heavy atom. The molecule has 0 amide bonds. The van der Waals surface area contributed by atoms with Crippen LogP contribution < -0.4 is 14.8 Å². The average molecular weight is 530 g/mol. The number of nitrogens with one attached hydrogen (secondary N) is 1. The monoisotopic (exact) mass is 527 g/mol. The fourth-order valence-electron chi connectivity index (χ4n) is 2.89. The van der Waals surface area contributed by atoms with Crippen molar-refractivity contribution in [3.8, 4) is 11.5 Å². The molecule has 0 heterocycles. The Bertz CT molecular complexity index is 996. The van der Waals surface area contributed by atoms with E-state index in [0.717, 1.165) is 33.6 Å². The molecule has 7 heteroatoms. The largest absolute Gasteiger partial charge is 0.493 e. The van der Waals surface area contributed by atoms with Gasteiger partial charge in [0.1, 0.15) is 6.61 Å². The summed E-state index contributed by atoms with van der Waals surface area (Å²) in [6, 6.07) is 17.1. The van der Waals surface area contributed by atoms with Crippen LogP contribution in [0.4, 0.5) is 0 Å². The van der Waals surface area contributed by atoms with Gasteiger partial charge >= 0.3 is 0 Å². The maximum atomic E-state index is 6.23. The van der Waals surface area contributed by atoms with E-state index in [9.17, 15) is 0 Å². The minimum Gasteiger partial charge on any atom is -0.493 e. The van der Waals surface area contributed by atoms with Gasteiger partial charge in [0, 0.05) is 31.6 Å². The Morgan fingerprint density at radius 3 is 2.30 bits per heavy atom. The van der Waals surface area contributed by atoms with Crippen LogP contribution in [0.25, 0.3) is 0 Å². The highest BCUT2D eigenvalue weighted by Crippen LogP contribution is 2.34. The molecule has 0 aliphatic carbocycles. The molecule has 1 N–H and O–H groups in total. The van der Waals surface area contributed by atoms with Gasteiger partial charge in [-0.05, 0) is 60.5 Å². The molecular formula is C23H21BrCl3NO2. The lowest BCUT2D eigenvalue weighted by molar-refractivity contribution is 0.284. The van der Waals surface area contributed by atoms with Crippen molar-refractivity contribution in [3.05, 3.63) is 90.8 Å². The van der Waals surface area contributed by atoms with Gasteiger partial charge in [-0.25, -0.2) is 0 Å². The van der Waals surface area contributed by atoms with Crippen LogP contribution in [0.3, 0.4) is 0 Å². The fourth-order valence-corrected chi connectivity index (χ4v) is 3.94. The van der Waals surface area contributed by atoms with E-state index in [0.29, 0.717) is 34.7 Å². The van der Waals surface area contributed by atoms with Crippen LogP contribution in [0, 0.1) is 0 Å². The first-order valence-corrected chi connectivity index (χ1v) is 11.3. The number of rotatable bonds is 9. The molecule has 3 aromatic rings. The summed E-state index contributed by atoms with van der Waals surface area (Å²) in [7, 11) is 1.63. The van der Waals surface area contributed by atoms with Crippen LogP contribution >= 0.6 is 50.7 Å². The van der Waals surface area contributed by atoms with E-state index in [1.807, 2.05) is 42.5 Å². The van der Waals surface area contributed by atoms with Gasteiger partial charge in [0.05, 0.1) is 7.11 Å². The molecule has 3 rings (SSSR count). The third kappa shape index (κ3) is 6.53. The molecule has 0 aliphatic rings. The predicted octanol–water partition coefficient (Wildman–Crippen LogP) is 7.33. The summed E-state index contributed by atoms with van der Waals surface area (Å²) < 4.78 is 12.4. The zero-order valence-corrected chi connectivity index (χ0v) is 20.2. The first-order valence-electron chi connectivity index (χ1n) is 9.34. The molecule has 0 unspecified atom stereocenters. The minimum atomic E-state index is 0.317. The third-order valence-corrected chi connectivity index (χ3v) is 6.13. The summed E-state index contributed by atoms with van der Waals surface area (Å²) in [5.74, 6) is 1.30. The zero-order valence-electron chi connectivity index (χ0n) is 16.4. The van der Waals surface area contributed by atoms with E-state index in [4.69, 9.17) is 44.3 Å². The van der Waals surface area contributed by atoms with E-state index in [1.54, 1.807) is 19.2 Å². The van der Waals surface area contributed by atoms with Crippen LogP contribution in [0.2, 0.25) is 15.1 Å². The standard InChI is InChI=1S/C23H21BrCl3NO2/c1-29-22-10-17(13-28-9-8-15-2-5-18(25)6-3-15)20(24)12-23(22)30-14-16-4-7-19(26)11-21(16)27/h2-7,10-12,28H,8-9,13-14H2,1H3. The van der Waals surface area contributed by atoms with Gasteiger partial charge in [0.25, 0.3) is 0 Å². The second-order valence-electron chi connectivity index (χ2n) is 6.67. The number of hydrogen-bond acceptors (Lipinski definition) is 3. The molecule has 3 aromatic carbocycles. The van der Waals surface area contributed by atoms with Gasteiger partial charge in [0.2, 0.25) is 0 Å². The van der Waals surface area contributed by atoms with E-state index < -0.39 is 0 Å². The van der Waals surface area contributed by atoms with Crippen molar-refractivity contribution in [3.63, 3.8) is 0 Å². The number of hydrogen-bond donors (Lipinski definition) is 1. The van der Waals surface area contributed by atoms with Gasteiger partial charge < -0.3 is 14.8 Å². The topological polar surface area (TPSA) is 30.5 Å². The smallest absolute Gasteiger partial charge is 0.162 e. The predicted molar refractivity (Wildman–Crippen MR) is 128 cm³/mol. The van der Waals surface area contributed by atoms with Gasteiger partial charge in [0.15, 0.2) is 11.5 Å². The SMILES string of the molecule is COc1cc(CNCCc2ccc(Cl)cc2)c(Br)cc1OCc1ccc(Cl)cc1Cl. The molecule has 3 nitrogen and oxygen atoms in total. The Balaban J connectivity index is 1.59. The Hall–Kier alpha value is -1.43. The highest BCUT2D eigenvalue weighted by Gasteiger charge is 2.12. The van der Waals surface area contributed by atoms with E-state index in [2.05, 4.69) is 21.2 Å². The quantitative estimate of drug-likeness (QED) is 0.295. The molecule has 0 spiro atoms. The first-order chi connectivity index (χ1) is 14.5. The summed E-state index contributed by atoms with van der Waals surface area (Å²) in [5, 5.41) is 5.38. The Labute approximate surface area is 200 Å². The number of benzene rings is 3. The number of methoxy groups -OCH3 is 1. The number of halogens is 4. The lowest BCUT2D eigenvalue weighted by Gasteiger charge is -2.15. The fraction of sp³-hybridized carbons (Fsp3) is 0.217. The van der Waals surface area contributed by atoms with Crippen LogP contribution in [-0.4, -0.2) is 13.7 Å². The van der Waals surface area contributed by atoms with Crippen molar-refractivity contribution >= 4 is 50.7 Å². The van der Waals surface area contributed by atoms with Crippen LogP contribution in [0.1, 0.15) is 16.7 Å². The summed E-state index contributed by atoms with van der Waals surface area (Å²) in [5.41, 5.74) is 3.18. The molecule has 0 saturated heterocycles. The lowest BCUT2D eigenvalue weighted by Crippen LogP contribution is -2.17. The normalized spacial score (nSPS) is 10.8. The molecule has 0 radical (unpaired) electrons. The number of ether oxygens (including phenoxy) is 2. The average Bonchev–Trinajstić information content (AvgIpc) is 2.73. The van der Waals surface area contributed by atoms with Gasteiger partial charge in [-0.2, -0.15) is 0 Å². The minimum absolute atomic E-state index is 0.317. The van der Waals surface area contributed by atoms with Gasteiger partial charge in [-0.1, -0.05) is 68.9 Å². The third-order valence-electron chi connectivity index (χ3n) is 4.55. The molecule has 30 heavy (non-hydrogen) atoms. The highest BCUT2D eigenvalue weighted by atomic mass is 79.9. The Kier molecular flexibility index (Phi) is 8.72. The molecule has 0 saturated carbocycles. The molecule has 0 fully saturated rings. The van der Waals surface area contributed by atoms with Crippen molar-refractivity contribution < 1.29 is 9.47 Å². The molecule has 0 aromatic heterocycles. The summed E-state index contributed by atoms with van der Waals surface area (Å²) in [6.07, 6.45) is 0.926. The maximum absolute atomic E-state index is 6.23. The van der Waals surface area contributed by atoms with Crippen LogP contribution in [0.15, 0.2) is 59.1 Å². The summed E-state index contributed by atoms with van der Waals surface area (Å²) >= 11 is 21.7. The maximum Gasteiger partial charge on any atom is 0.162 e. The van der Waals surface area contributed by atoms with Crippen molar-refractivity contribution in [2.45, 2.75) is 19.6 Å². The van der Waals surface area contributed by atoms with E-state index >= 15 is 0 Å². The molecule has 158 valence electrons. The van der Waals surface area contributed by atoms with Gasteiger partial charge in [-0.15, -0.1) is 0 Å². The van der Waals surface area contributed by atoms with E-state index in [-0.39, 0.29) is 0 Å². The second kappa shape index (κ2) is 11.3. The van der Waals surface area contributed by atoms with Crippen LogP contribution in [-0.2, 0) is 19.6 Å². The summed E-state index contributed by atoms with van der Waals surface area (Å²) in [6.45, 7) is 1.87. The molecule has 0 aliphatic heterocycles. The second-order valence-corrected chi connectivity index (χ2v) is 8.81. The lowest BCUT2D eigenvalue weighted by atomic mass is 10.1. The van der Waals surface area contributed by atoms with Gasteiger partial charge in [-0.3, -0.25) is 0 Å². The molecular weight excluding hydrogens is 509 g/mol. The molecule has 0 atom stereocenters. The van der Waals surface area contributed by atoms with Crippen molar-refractivity contribution in [2.24, 2.45) is 0 Å². The van der Waals surface area contributed by atoms with Crippen molar-refractivity contribution in [2.75, 3.05) is 13.7 Å². The highest BCUT2D eigenvalue weighted by molar-refractivity contribution is 9.10. The van der Waals surface area contributed by atoms with Crippen molar-refractivity contribution in [1.29, 1.82) is 0 Å². The first kappa shape index (κ1) is 23.2. The van der Waals surface area contributed by atoms with Crippen LogP contribution in [0.5, 0.6) is 11.5 Å². The summed E-state index contributed by atoms with van der Waals surface area (Å²) in [4.78, 5) is 0. The zero-order chi connectivity index (χ0) is 21.5. The van der Waals surface area contributed by atoms with Crippen molar-refractivity contribution in [1.82, 2.24) is 5.32 Å². The molecule has 0 bridgehead atoms. The van der Waals surface area contributed by atoms with E-state index in [1.165, 1.54) is 5.56 Å².